The highest BCUT2D eigenvalue weighted by molar-refractivity contribution is 5.40. The van der Waals surface area contributed by atoms with E-state index in [1.165, 1.54) is 11.1 Å². The van der Waals surface area contributed by atoms with E-state index in [1.807, 2.05) is 12.2 Å². The van der Waals surface area contributed by atoms with Crippen LogP contribution in [0.3, 0.4) is 0 Å². The van der Waals surface area contributed by atoms with Crippen LogP contribution in [-0.2, 0) is 4.74 Å². The van der Waals surface area contributed by atoms with Gasteiger partial charge in [0.15, 0.2) is 0 Å². The first-order chi connectivity index (χ1) is 7.51. The van der Waals surface area contributed by atoms with Crippen LogP contribution in [0.25, 0.3) is 0 Å². The molecule has 0 aromatic carbocycles. The average Bonchev–Trinajstić information content (AvgIpc) is 2.26. The third-order valence-electron chi connectivity index (χ3n) is 2.14. The van der Waals surface area contributed by atoms with Crippen LogP contribution in [0.15, 0.2) is 59.9 Å². The van der Waals surface area contributed by atoms with Gasteiger partial charge in [-0.2, -0.15) is 0 Å². The molecule has 0 N–H and O–H groups in total. The summed E-state index contributed by atoms with van der Waals surface area (Å²) < 4.78 is 4.96. The summed E-state index contributed by atoms with van der Waals surface area (Å²) in [5.41, 5.74) is 3.50. The van der Waals surface area contributed by atoms with Crippen molar-refractivity contribution >= 4 is 0 Å². The fourth-order valence-electron chi connectivity index (χ4n) is 1.09. The minimum absolute atomic E-state index is 0.638. The molecule has 0 aromatic rings. The zero-order valence-corrected chi connectivity index (χ0v) is 10.8. The van der Waals surface area contributed by atoms with E-state index in [-0.39, 0.29) is 0 Å². The smallest absolute Gasteiger partial charge is 0.111 e. The SMILES string of the molecule is C=C(/C=C\C(=C)/C(=C/C=C(C)C)CC)OC. The van der Waals surface area contributed by atoms with E-state index < -0.39 is 0 Å². The molecule has 0 radical (unpaired) electrons. The van der Waals surface area contributed by atoms with Gasteiger partial charge in [-0.05, 0) is 37.5 Å². The molecule has 16 heavy (non-hydrogen) atoms. The van der Waals surface area contributed by atoms with Gasteiger partial charge in [-0.25, -0.2) is 0 Å². The Morgan fingerprint density at radius 2 is 1.75 bits per heavy atom. The summed E-state index contributed by atoms with van der Waals surface area (Å²) in [5, 5.41) is 0. The number of allylic oxidation sites excluding steroid dienone is 7. The third kappa shape index (κ3) is 6.07. The van der Waals surface area contributed by atoms with Crippen molar-refractivity contribution in [3.05, 3.63) is 59.9 Å². The average molecular weight is 218 g/mol. The van der Waals surface area contributed by atoms with Crippen molar-refractivity contribution in [3.63, 3.8) is 0 Å². The van der Waals surface area contributed by atoms with E-state index in [0.717, 1.165) is 12.0 Å². The first-order valence-corrected chi connectivity index (χ1v) is 5.45. The van der Waals surface area contributed by atoms with Gasteiger partial charge >= 0.3 is 0 Å². The molecule has 0 saturated heterocycles. The monoisotopic (exact) mass is 218 g/mol. The quantitative estimate of drug-likeness (QED) is 0.469. The highest BCUT2D eigenvalue weighted by Crippen LogP contribution is 2.14. The molecule has 0 rings (SSSR count). The Hall–Kier alpha value is -1.50. The number of ether oxygens (including phenoxy) is 1. The maximum Gasteiger partial charge on any atom is 0.111 e. The predicted octanol–water partition coefficient (Wildman–Crippen LogP) is 4.56. The highest BCUT2D eigenvalue weighted by atomic mass is 16.5. The molecule has 0 fully saturated rings. The summed E-state index contributed by atoms with van der Waals surface area (Å²) in [4.78, 5) is 0. The molecule has 0 bridgehead atoms. The molecule has 0 aliphatic rings. The van der Waals surface area contributed by atoms with Gasteiger partial charge in [-0.3, -0.25) is 0 Å². The topological polar surface area (TPSA) is 9.23 Å². The molecule has 0 aliphatic heterocycles. The lowest BCUT2D eigenvalue weighted by Gasteiger charge is -2.03. The minimum Gasteiger partial charge on any atom is -0.497 e. The van der Waals surface area contributed by atoms with Crippen LogP contribution in [-0.4, -0.2) is 7.11 Å². The van der Waals surface area contributed by atoms with E-state index >= 15 is 0 Å². The van der Waals surface area contributed by atoms with Crippen LogP contribution >= 0.6 is 0 Å². The van der Waals surface area contributed by atoms with E-state index in [4.69, 9.17) is 4.74 Å². The zero-order chi connectivity index (χ0) is 12.6. The van der Waals surface area contributed by atoms with Gasteiger partial charge < -0.3 is 4.74 Å². The van der Waals surface area contributed by atoms with Crippen LogP contribution in [0.1, 0.15) is 27.2 Å². The van der Waals surface area contributed by atoms with Crippen LogP contribution < -0.4 is 0 Å². The van der Waals surface area contributed by atoms with E-state index in [2.05, 4.69) is 46.1 Å². The Morgan fingerprint density at radius 3 is 2.19 bits per heavy atom. The first kappa shape index (κ1) is 14.5. The Balaban J connectivity index is 4.68. The molecule has 0 saturated carbocycles. The van der Waals surface area contributed by atoms with Gasteiger partial charge in [0, 0.05) is 0 Å². The van der Waals surface area contributed by atoms with Gasteiger partial charge in [0.05, 0.1) is 7.11 Å². The summed E-state index contributed by atoms with van der Waals surface area (Å²) in [7, 11) is 1.61. The Bertz CT molecular complexity index is 336. The van der Waals surface area contributed by atoms with Crippen molar-refractivity contribution in [1.29, 1.82) is 0 Å². The van der Waals surface area contributed by atoms with E-state index in [0.29, 0.717) is 5.76 Å². The van der Waals surface area contributed by atoms with E-state index in [1.54, 1.807) is 7.11 Å². The summed E-state index contributed by atoms with van der Waals surface area (Å²) in [6.45, 7) is 14.0. The minimum atomic E-state index is 0.638. The second kappa shape index (κ2) is 7.75. The molecule has 0 spiro atoms. The number of hydrogen-bond acceptors (Lipinski definition) is 1. The molecule has 0 heterocycles. The van der Waals surface area contributed by atoms with Crippen LogP contribution in [0.2, 0.25) is 0 Å². The first-order valence-electron chi connectivity index (χ1n) is 5.45. The van der Waals surface area contributed by atoms with E-state index in [9.17, 15) is 0 Å². The van der Waals surface area contributed by atoms with Crippen molar-refractivity contribution in [2.75, 3.05) is 7.11 Å². The van der Waals surface area contributed by atoms with Gasteiger partial charge in [-0.1, -0.05) is 43.9 Å². The van der Waals surface area contributed by atoms with Crippen LogP contribution in [0.4, 0.5) is 0 Å². The maximum absolute atomic E-state index is 4.96. The normalized spacial score (nSPS) is 11.4. The summed E-state index contributed by atoms with van der Waals surface area (Å²) in [6.07, 6.45) is 8.93. The molecule has 1 heteroatoms. The second-order valence-corrected chi connectivity index (χ2v) is 3.82. The number of methoxy groups -OCH3 is 1. The van der Waals surface area contributed by atoms with Crippen molar-refractivity contribution in [3.8, 4) is 0 Å². The molecular weight excluding hydrogens is 196 g/mol. The summed E-state index contributed by atoms with van der Waals surface area (Å²) in [5.74, 6) is 0.638. The molecule has 0 aliphatic carbocycles. The molecule has 1 nitrogen and oxygen atoms in total. The summed E-state index contributed by atoms with van der Waals surface area (Å²) in [6, 6.07) is 0. The number of rotatable bonds is 6. The van der Waals surface area contributed by atoms with Crippen LogP contribution in [0.5, 0.6) is 0 Å². The molecule has 0 aromatic heterocycles. The lowest BCUT2D eigenvalue weighted by molar-refractivity contribution is 0.309. The van der Waals surface area contributed by atoms with Crippen molar-refractivity contribution < 1.29 is 4.74 Å². The molecule has 88 valence electrons. The molecule has 0 atom stereocenters. The van der Waals surface area contributed by atoms with Crippen molar-refractivity contribution in [2.24, 2.45) is 0 Å². The Kier molecular flexibility index (Phi) is 7.02. The Labute approximate surface area is 99.5 Å². The van der Waals surface area contributed by atoms with Gasteiger partial charge in [0.2, 0.25) is 0 Å². The fraction of sp³-hybridized carbons (Fsp3) is 0.333. The second-order valence-electron chi connectivity index (χ2n) is 3.82. The standard InChI is InChI=1S/C15H22O/c1-7-15(11-8-12(2)3)13(4)9-10-14(5)16-6/h8-11H,4-5,7H2,1-3,6H3/b10-9-,15-11+. The lowest BCUT2D eigenvalue weighted by Crippen LogP contribution is -1.84. The predicted molar refractivity (Wildman–Crippen MR) is 72.2 cm³/mol. The summed E-state index contributed by atoms with van der Waals surface area (Å²) >= 11 is 0. The highest BCUT2D eigenvalue weighted by Gasteiger charge is 1.95. The number of hydrogen-bond donors (Lipinski definition) is 0. The molecule has 0 amide bonds. The van der Waals surface area contributed by atoms with Crippen molar-refractivity contribution in [2.45, 2.75) is 27.2 Å². The third-order valence-corrected chi connectivity index (χ3v) is 2.14. The zero-order valence-electron chi connectivity index (χ0n) is 10.8. The largest absolute Gasteiger partial charge is 0.497 e. The Morgan fingerprint density at radius 1 is 1.12 bits per heavy atom. The fourth-order valence-corrected chi connectivity index (χ4v) is 1.09. The van der Waals surface area contributed by atoms with Gasteiger partial charge in [0.25, 0.3) is 0 Å². The van der Waals surface area contributed by atoms with Gasteiger partial charge in [0.1, 0.15) is 5.76 Å². The maximum atomic E-state index is 4.96. The van der Waals surface area contributed by atoms with Gasteiger partial charge in [-0.15, -0.1) is 0 Å². The molecular formula is C15H22O. The van der Waals surface area contributed by atoms with Crippen LogP contribution in [0, 0.1) is 0 Å². The molecule has 0 unspecified atom stereocenters. The lowest BCUT2D eigenvalue weighted by atomic mass is 10.0. The van der Waals surface area contributed by atoms with Crippen molar-refractivity contribution in [1.82, 2.24) is 0 Å².